The molecule has 37 heavy (non-hydrogen) atoms. The molecule has 4 rings (SSSR count). The zero-order valence-corrected chi connectivity index (χ0v) is 23.0. The van der Waals surface area contributed by atoms with E-state index in [4.69, 9.17) is 0 Å². The number of likely N-dealkylation sites (N-methyl/N-ethyl adjacent to an activating group) is 2. The van der Waals surface area contributed by atoms with Gasteiger partial charge in [-0.15, -0.1) is 0 Å². The summed E-state index contributed by atoms with van der Waals surface area (Å²) in [5.74, 6) is 6.69. The molecule has 4 aromatic carbocycles. The van der Waals surface area contributed by atoms with Crippen LogP contribution in [-0.2, 0) is 0 Å². The maximum absolute atomic E-state index is 3.36. The summed E-state index contributed by atoms with van der Waals surface area (Å²) in [6.45, 7) is 9.45. The van der Waals surface area contributed by atoms with Crippen molar-refractivity contribution in [3.8, 4) is 11.8 Å². The van der Waals surface area contributed by atoms with Gasteiger partial charge in [-0.05, 0) is 62.2 Å². The molecule has 0 heterocycles. The minimum atomic E-state index is -0.0330. The SMILES string of the molecule is CC(/C=C/C(=C\C#CC(C)(C)C)CN(C)c1cccc2ccccc12)N(C)c1cccc2ccccc12. The van der Waals surface area contributed by atoms with E-state index in [9.17, 15) is 0 Å². The molecule has 1 unspecified atom stereocenters. The van der Waals surface area contributed by atoms with Crippen molar-refractivity contribution in [3.63, 3.8) is 0 Å². The van der Waals surface area contributed by atoms with Crippen LogP contribution in [0.5, 0.6) is 0 Å². The van der Waals surface area contributed by atoms with Crippen LogP contribution in [0.25, 0.3) is 21.5 Å². The number of anilines is 2. The third-order valence-electron chi connectivity index (χ3n) is 6.65. The maximum atomic E-state index is 3.36. The quantitative estimate of drug-likeness (QED) is 0.191. The Labute approximate surface area is 222 Å². The van der Waals surface area contributed by atoms with Gasteiger partial charge in [0.25, 0.3) is 0 Å². The monoisotopic (exact) mass is 486 g/mol. The minimum Gasteiger partial charge on any atom is -0.370 e. The van der Waals surface area contributed by atoms with E-state index >= 15 is 0 Å². The number of rotatable bonds is 7. The van der Waals surface area contributed by atoms with Crippen molar-refractivity contribution in [3.05, 3.63) is 109 Å². The summed E-state index contributed by atoms with van der Waals surface area (Å²) >= 11 is 0. The first-order chi connectivity index (χ1) is 17.7. The zero-order valence-electron chi connectivity index (χ0n) is 23.0. The van der Waals surface area contributed by atoms with Crippen LogP contribution in [0, 0.1) is 17.3 Å². The largest absolute Gasteiger partial charge is 0.370 e. The first-order valence-electron chi connectivity index (χ1n) is 13.0. The molecule has 0 radical (unpaired) electrons. The molecule has 0 aromatic heterocycles. The van der Waals surface area contributed by atoms with Crippen LogP contribution in [0.15, 0.2) is 109 Å². The molecule has 188 valence electrons. The summed E-state index contributed by atoms with van der Waals surface area (Å²) in [5, 5.41) is 5.06. The second-order valence-corrected chi connectivity index (χ2v) is 10.8. The normalized spacial score (nSPS) is 13.0. The van der Waals surface area contributed by atoms with Gasteiger partial charge in [-0.25, -0.2) is 0 Å². The number of fused-ring (bicyclic) bond motifs is 2. The van der Waals surface area contributed by atoms with Crippen molar-refractivity contribution in [2.45, 2.75) is 33.7 Å². The molecule has 0 aliphatic heterocycles. The predicted molar refractivity (Wildman–Crippen MR) is 163 cm³/mol. The van der Waals surface area contributed by atoms with Crippen molar-refractivity contribution < 1.29 is 0 Å². The highest BCUT2D eigenvalue weighted by atomic mass is 15.1. The Kier molecular flexibility index (Phi) is 8.04. The molecule has 0 aliphatic rings. The Morgan fingerprint density at radius 3 is 1.95 bits per heavy atom. The van der Waals surface area contributed by atoms with Crippen LogP contribution in [0.3, 0.4) is 0 Å². The van der Waals surface area contributed by atoms with E-state index in [0.717, 1.165) is 6.54 Å². The fourth-order valence-corrected chi connectivity index (χ4v) is 4.52. The molecule has 0 N–H and O–H groups in total. The first kappa shape index (κ1) is 26.1. The smallest absolute Gasteiger partial charge is 0.0448 e. The van der Waals surface area contributed by atoms with E-state index in [0.29, 0.717) is 0 Å². The summed E-state index contributed by atoms with van der Waals surface area (Å²) in [6.07, 6.45) is 6.60. The van der Waals surface area contributed by atoms with Gasteiger partial charge in [-0.3, -0.25) is 0 Å². The van der Waals surface area contributed by atoms with Gasteiger partial charge >= 0.3 is 0 Å². The van der Waals surface area contributed by atoms with E-state index in [-0.39, 0.29) is 11.5 Å². The van der Waals surface area contributed by atoms with Gasteiger partial charge in [0.2, 0.25) is 0 Å². The molecule has 0 spiro atoms. The lowest BCUT2D eigenvalue weighted by Crippen LogP contribution is -2.27. The second-order valence-electron chi connectivity index (χ2n) is 10.8. The average molecular weight is 487 g/mol. The van der Waals surface area contributed by atoms with Crippen molar-refractivity contribution in [2.75, 3.05) is 30.4 Å². The first-order valence-corrected chi connectivity index (χ1v) is 13.0. The summed E-state index contributed by atoms with van der Waals surface area (Å²) in [4.78, 5) is 4.65. The van der Waals surface area contributed by atoms with Crippen LogP contribution < -0.4 is 9.80 Å². The standard InChI is InChI=1S/C35H38N2/c1-27(37(6)34-22-12-18-30-16-8-10-20-32(30)34)23-24-28(14-13-25-35(2,3)4)26-36(5)33-21-11-17-29-15-7-9-19-31(29)33/h7-12,14-24,27H,26H2,1-6H3/b24-23+,28-14+. The minimum absolute atomic E-state index is 0.0330. The highest BCUT2D eigenvalue weighted by molar-refractivity contribution is 5.95. The van der Waals surface area contributed by atoms with Crippen molar-refractivity contribution >= 4 is 32.9 Å². The van der Waals surface area contributed by atoms with E-state index in [1.807, 2.05) is 0 Å². The number of hydrogen-bond acceptors (Lipinski definition) is 2. The van der Waals surface area contributed by atoms with Crippen molar-refractivity contribution in [1.82, 2.24) is 0 Å². The molecule has 0 saturated carbocycles. The molecular weight excluding hydrogens is 448 g/mol. The highest BCUT2D eigenvalue weighted by Crippen LogP contribution is 2.28. The molecule has 0 saturated heterocycles. The van der Waals surface area contributed by atoms with Crippen molar-refractivity contribution in [1.29, 1.82) is 0 Å². The third-order valence-corrected chi connectivity index (χ3v) is 6.65. The lowest BCUT2D eigenvalue weighted by Gasteiger charge is -2.26. The summed E-state index contributed by atoms with van der Waals surface area (Å²) in [6, 6.07) is 30.4. The van der Waals surface area contributed by atoms with Crippen LogP contribution in [0.4, 0.5) is 11.4 Å². The van der Waals surface area contributed by atoms with Crippen LogP contribution in [0.2, 0.25) is 0 Å². The average Bonchev–Trinajstić information content (AvgIpc) is 2.89. The fourth-order valence-electron chi connectivity index (χ4n) is 4.52. The van der Waals surface area contributed by atoms with E-state index in [1.54, 1.807) is 0 Å². The zero-order chi connectivity index (χ0) is 26.4. The molecule has 4 aromatic rings. The molecular formula is C35H38N2. The topological polar surface area (TPSA) is 6.48 Å². The van der Waals surface area contributed by atoms with Gasteiger partial charge in [-0.2, -0.15) is 0 Å². The Morgan fingerprint density at radius 1 is 0.784 bits per heavy atom. The molecule has 1 atom stereocenters. The second kappa shape index (κ2) is 11.4. The Hall–Kier alpha value is -3.96. The number of allylic oxidation sites excluding steroid dienone is 1. The lowest BCUT2D eigenvalue weighted by atomic mass is 9.98. The summed E-state index contributed by atoms with van der Waals surface area (Å²) < 4.78 is 0. The third kappa shape index (κ3) is 6.63. The Morgan fingerprint density at radius 2 is 1.32 bits per heavy atom. The molecule has 0 fully saturated rings. The predicted octanol–water partition coefficient (Wildman–Crippen LogP) is 8.49. The van der Waals surface area contributed by atoms with Crippen molar-refractivity contribution in [2.24, 2.45) is 5.41 Å². The van der Waals surface area contributed by atoms with Gasteiger partial charge in [0.15, 0.2) is 0 Å². The molecule has 2 heteroatoms. The molecule has 0 amide bonds. The van der Waals surface area contributed by atoms with E-state index < -0.39 is 0 Å². The Balaban J connectivity index is 1.60. The molecule has 2 nitrogen and oxygen atoms in total. The number of hydrogen-bond donors (Lipinski definition) is 0. The van der Waals surface area contributed by atoms with Crippen LogP contribution in [0.1, 0.15) is 27.7 Å². The van der Waals surface area contributed by atoms with Gasteiger partial charge in [0.1, 0.15) is 0 Å². The van der Waals surface area contributed by atoms with Gasteiger partial charge < -0.3 is 9.80 Å². The number of nitrogens with zero attached hydrogens (tertiary/aromatic N) is 2. The van der Waals surface area contributed by atoms with Gasteiger partial charge in [-0.1, -0.05) is 96.8 Å². The Bertz CT molecular complexity index is 1480. The highest BCUT2D eigenvalue weighted by Gasteiger charge is 2.12. The van der Waals surface area contributed by atoms with Crippen LogP contribution >= 0.6 is 0 Å². The molecule has 0 aliphatic carbocycles. The molecule has 0 bridgehead atoms. The maximum Gasteiger partial charge on any atom is 0.0448 e. The van der Waals surface area contributed by atoms with E-state index in [1.165, 1.54) is 38.5 Å². The fraction of sp³-hybridized carbons (Fsp3) is 0.257. The van der Waals surface area contributed by atoms with Gasteiger partial charge in [0, 0.05) is 54.2 Å². The summed E-state index contributed by atoms with van der Waals surface area (Å²) in [5.41, 5.74) is 3.61. The van der Waals surface area contributed by atoms with Crippen LogP contribution in [-0.4, -0.2) is 26.7 Å². The summed E-state index contributed by atoms with van der Waals surface area (Å²) in [7, 11) is 4.33. The number of benzene rings is 4. The lowest BCUT2D eigenvalue weighted by molar-refractivity contribution is 0.571. The van der Waals surface area contributed by atoms with Gasteiger partial charge in [0.05, 0.1) is 0 Å². The van der Waals surface area contributed by atoms with E-state index in [2.05, 4.69) is 167 Å².